The smallest absolute Gasteiger partial charge is 0.157 e. The lowest BCUT2D eigenvalue weighted by molar-refractivity contribution is 0.164. The lowest BCUT2D eigenvalue weighted by Gasteiger charge is -2.41. The van der Waals surface area contributed by atoms with E-state index in [0.717, 1.165) is 56.1 Å². The van der Waals surface area contributed by atoms with Crippen LogP contribution >= 0.6 is 0 Å². The summed E-state index contributed by atoms with van der Waals surface area (Å²) in [7, 11) is 0. The zero-order valence-corrected chi connectivity index (χ0v) is 14.9. The number of rotatable bonds is 3. The van der Waals surface area contributed by atoms with E-state index in [1.165, 1.54) is 17.1 Å². The summed E-state index contributed by atoms with van der Waals surface area (Å²) in [5, 5.41) is 8.00. The van der Waals surface area contributed by atoms with Gasteiger partial charge in [-0.15, -0.1) is 0 Å². The Balaban J connectivity index is 1.43. The van der Waals surface area contributed by atoms with Gasteiger partial charge in [0.1, 0.15) is 17.7 Å². The molecule has 0 spiro atoms. The molecule has 0 unspecified atom stereocenters. The molecule has 26 heavy (non-hydrogen) atoms. The van der Waals surface area contributed by atoms with Gasteiger partial charge >= 0.3 is 0 Å². The van der Waals surface area contributed by atoms with E-state index < -0.39 is 0 Å². The van der Waals surface area contributed by atoms with Crippen LogP contribution in [0.3, 0.4) is 0 Å². The molecule has 0 aliphatic carbocycles. The molecule has 0 radical (unpaired) electrons. The molecule has 0 aromatic carbocycles. The number of hydrogen-bond donors (Lipinski definition) is 1. The van der Waals surface area contributed by atoms with E-state index in [0.29, 0.717) is 0 Å². The highest BCUT2D eigenvalue weighted by molar-refractivity contribution is 5.59. The SMILES string of the molecule is Cc1ncccc1OC1CN(c2c3c(nc4ccnn24)CCNCC3)C1. The summed E-state index contributed by atoms with van der Waals surface area (Å²) in [4.78, 5) is 11.5. The Bertz CT molecular complexity index is 946. The van der Waals surface area contributed by atoms with Crippen LogP contribution in [0.5, 0.6) is 5.75 Å². The molecule has 2 aliphatic rings. The van der Waals surface area contributed by atoms with Gasteiger partial charge in [-0.2, -0.15) is 9.61 Å². The molecule has 0 amide bonds. The second kappa shape index (κ2) is 6.25. The first-order valence-electron chi connectivity index (χ1n) is 9.19. The summed E-state index contributed by atoms with van der Waals surface area (Å²) in [6.45, 7) is 5.65. The average Bonchev–Trinajstić information content (AvgIpc) is 2.95. The van der Waals surface area contributed by atoms with Crippen molar-refractivity contribution in [2.45, 2.75) is 25.9 Å². The van der Waals surface area contributed by atoms with Crippen LogP contribution in [0.2, 0.25) is 0 Å². The molecule has 7 nitrogen and oxygen atoms in total. The van der Waals surface area contributed by atoms with E-state index >= 15 is 0 Å². The molecule has 1 fully saturated rings. The first-order chi connectivity index (χ1) is 12.8. The van der Waals surface area contributed by atoms with Crippen molar-refractivity contribution in [3.05, 3.63) is 47.5 Å². The molecular weight excluding hydrogens is 328 g/mol. The predicted octanol–water partition coefficient (Wildman–Crippen LogP) is 1.39. The zero-order valence-electron chi connectivity index (χ0n) is 14.9. The van der Waals surface area contributed by atoms with Crippen LogP contribution in [-0.2, 0) is 12.8 Å². The molecule has 3 aromatic heterocycles. The van der Waals surface area contributed by atoms with Gasteiger partial charge in [-0.25, -0.2) is 4.98 Å². The molecule has 134 valence electrons. The van der Waals surface area contributed by atoms with Gasteiger partial charge in [0.2, 0.25) is 0 Å². The molecule has 1 N–H and O–H groups in total. The monoisotopic (exact) mass is 350 g/mol. The third kappa shape index (κ3) is 2.59. The fourth-order valence-electron chi connectivity index (χ4n) is 3.80. The highest BCUT2D eigenvalue weighted by Gasteiger charge is 2.33. The Morgan fingerprint density at radius 3 is 2.92 bits per heavy atom. The van der Waals surface area contributed by atoms with Crippen LogP contribution in [0.4, 0.5) is 5.82 Å². The minimum absolute atomic E-state index is 0.177. The summed E-state index contributed by atoms with van der Waals surface area (Å²) in [6.07, 6.45) is 5.75. The predicted molar refractivity (Wildman–Crippen MR) is 98.9 cm³/mol. The van der Waals surface area contributed by atoms with Crippen molar-refractivity contribution >= 4 is 11.5 Å². The number of aryl methyl sites for hydroxylation is 1. The van der Waals surface area contributed by atoms with Crippen LogP contribution < -0.4 is 15.0 Å². The average molecular weight is 350 g/mol. The lowest BCUT2D eigenvalue weighted by atomic mass is 10.1. The topological polar surface area (TPSA) is 67.6 Å². The van der Waals surface area contributed by atoms with E-state index in [-0.39, 0.29) is 6.10 Å². The maximum Gasteiger partial charge on any atom is 0.157 e. The third-order valence-corrected chi connectivity index (χ3v) is 5.18. The van der Waals surface area contributed by atoms with Gasteiger partial charge in [-0.1, -0.05) is 0 Å². The van der Waals surface area contributed by atoms with Gasteiger partial charge in [0.25, 0.3) is 0 Å². The standard InChI is InChI=1S/C19H22N6O/c1-13-17(3-2-7-21-13)26-14-11-24(12-14)19-15-4-8-20-9-5-16(15)23-18-6-10-22-25(18)19/h2-3,6-7,10,14,20H,4-5,8-9,11-12H2,1H3. The van der Waals surface area contributed by atoms with Gasteiger partial charge in [-0.05, 0) is 32.0 Å². The molecule has 5 rings (SSSR count). The number of nitrogens with zero attached hydrogens (tertiary/aromatic N) is 5. The Morgan fingerprint density at radius 2 is 2.04 bits per heavy atom. The Kier molecular flexibility index (Phi) is 3.74. The number of hydrogen-bond acceptors (Lipinski definition) is 6. The van der Waals surface area contributed by atoms with Crippen LogP contribution in [-0.4, -0.2) is 51.9 Å². The molecular formula is C19H22N6O. The fourth-order valence-corrected chi connectivity index (χ4v) is 3.80. The number of anilines is 1. The number of nitrogens with one attached hydrogen (secondary N) is 1. The van der Waals surface area contributed by atoms with Crippen molar-refractivity contribution in [2.75, 3.05) is 31.1 Å². The van der Waals surface area contributed by atoms with Gasteiger partial charge in [0.05, 0.1) is 30.7 Å². The summed E-state index contributed by atoms with van der Waals surface area (Å²) >= 11 is 0. The van der Waals surface area contributed by atoms with E-state index in [1.807, 2.05) is 35.8 Å². The maximum absolute atomic E-state index is 6.13. The van der Waals surface area contributed by atoms with Crippen LogP contribution in [0.15, 0.2) is 30.6 Å². The van der Waals surface area contributed by atoms with Crippen molar-refractivity contribution in [3.63, 3.8) is 0 Å². The zero-order chi connectivity index (χ0) is 17.5. The summed E-state index contributed by atoms with van der Waals surface area (Å²) in [5.74, 6) is 2.06. The quantitative estimate of drug-likeness (QED) is 0.770. The Labute approximate surface area is 152 Å². The minimum Gasteiger partial charge on any atom is -0.485 e. The first-order valence-corrected chi connectivity index (χ1v) is 9.19. The Morgan fingerprint density at radius 1 is 1.15 bits per heavy atom. The van der Waals surface area contributed by atoms with Crippen LogP contribution in [0.1, 0.15) is 17.0 Å². The largest absolute Gasteiger partial charge is 0.485 e. The van der Waals surface area contributed by atoms with Gasteiger partial charge in [0, 0.05) is 30.8 Å². The molecule has 2 aliphatic heterocycles. The van der Waals surface area contributed by atoms with E-state index in [9.17, 15) is 0 Å². The van der Waals surface area contributed by atoms with Crippen molar-refractivity contribution < 1.29 is 4.74 Å². The molecule has 7 heteroatoms. The number of ether oxygens (including phenoxy) is 1. The second-order valence-electron chi connectivity index (χ2n) is 6.94. The first kappa shape index (κ1) is 15.6. The van der Waals surface area contributed by atoms with Gasteiger partial charge < -0.3 is 15.0 Å². The molecule has 5 heterocycles. The molecule has 0 saturated carbocycles. The van der Waals surface area contributed by atoms with Gasteiger partial charge in [0.15, 0.2) is 5.65 Å². The van der Waals surface area contributed by atoms with Crippen LogP contribution in [0, 0.1) is 6.92 Å². The summed E-state index contributed by atoms with van der Waals surface area (Å²) < 4.78 is 8.12. The maximum atomic E-state index is 6.13. The Hall–Kier alpha value is -2.67. The minimum atomic E-state index is 0.177. The van der Waals surface area contributed by atoms with E-state index in [2.05, 4.69) is 20.3 Å². The summed E-state index contributed by atoms with van der Waals surface area (Å²) in [5.41, 5.74) is 4.38. The highest BCUT2D eigenvalue weighted by Crippen LogP contribution is 2.31. The lowest BCUT2D eigenvalue weighted by Crippen LogP contribution is -2.55. The molecule has 0 bridgehead atoms. The summed E-state index contributed by atoms with van der Waals surface area (Å²) in [6, 6.07) is 5.89. The van der Waals surface area contributed by atoms with E-state index in [4.69, 9.17) is 9.72 Å². The third-order valence-electron chi connectivity index (χ3n) is 5.18. The molecule has 1 saturated heterocycles. The fraction of sp³-hybridized carbons (Fsp3) is 0.421. The van der Waals surface area contributed by atoms with Gasteiger partial charge in [-0.3, -0.25) is 4.98 Å². The van der Waals surface area contributed by atoms with Crippen molar-refractivity contribution in [1.29, 1.82) is 0 Å². The number of pyridine rings is 1. The van der Waals surface area contributed by atoms with Crippen LogP contribution in [0.25, 0.3) is 5.65 Å². The molecule has 0 atom stereocenters. The molecule has 3 aromatic rings. The van der Waals surface area contributed by atoms with E-state index in [1.54, 1.807) is 6.20 Å². The number of fused-ring (bicyclic) bond motifs is 2. The second-order valence-corrected chi connectivity index (χ2v) is 6.94. The number of aromatic nitrogens is 4. The highest BCUT2D eigenvalue weighted by atomic mass is 16.5. The van der Waals surface area contributed by atoms with Crippen molar-refractivity contribution in [2.24, 2.45) is 0 Å². The van der Waals surface area contributed by atoms with Crippen molar-refractivity contribution in [3.8, 4) is 5.75 Å². The van der Waals surface area contributed by atoms with Crippen molar-refractivity contribution in [1.82, 2.24) is 24.9 Å². The normalized spacial score (nSPS) is 17.7.